The number of hydrogen-bond acceptors (Lipinski definition) is 3. The Hall–Kier alpha value is 0.140. The maximum atomic E-state index is 5.54. The Balaban J connectivity index is 2.13. The molecule has 2 fully saturated rings. The quantitative estimate of drug-likeness (QED) is 0.406. The first-order valence-corrected chi connectivity index (χ1v) is 6.55. The minimum absolute atomic E-state index is 0.204. The Bertz CT molecular complexity index is 291. The number of ether oxygens (including phenoxy) is 2. The van der Waals surface area contributed by atoms with Gasteiger partial charge in [-0.05, 0) is 28.9 Å². The van der Waals surface area contributed by atoms with Crippen LogP contribution in [0.15, 0.2) is 0 Å². The van der Waals surface area contributed by atoms with Gasteiger partial charge in [0, 0.05) is 27.1 Å². The normalized spacial score (nSPS) is 31.9. The lowest BCUT2D eigenvalue weighted by Crippen LogP contribution is -2.71. The third-order valence-electron chi connectivity index (χ3n) is 4.34. The molecule has 0 amide bonds. The van der Waals surface area contributed by atoms with Gasteiger partial charge in [-0.1, -0.05) is 0 Å². The zero-order valence-electron chi connectivity index (χ0n) is 12.1. The number of nitrogens with one attached hydrogen (secondary N) is 1. The molecule has 3 nitrogen and oxygen atoms in total. The van der Waals surface area contributed by atoms with Crippen LogP contribution in [0.25, 0.3) is 0 Å². The molecule has 2 rings (SSSR count). The van der Waals surface area contributed by atoms with E-state index in [0.29, 0.717) is 5.41 Å². The van der Waals surface area contributed by atoms with Gasteiger partial charge >= 0.3 is 0 Å². The highest BCUT2D eigenvalue weighted by atomic mass is 16.7. The number of rotatable bonds is 2. The molecule has 1 aliphatic carbocycles. The van der Waals surface area contributed by atoms with E-state index in [1.165, 1.54) is 12.8 Å². The molecule has 1 saturated heterocycles. The van der Waals surface area contributed by atoms with E-state index in [4.69, 9.17) is 9.47 Å². The van der Waals surface area contributed by atoms with Crippen molar-refractivity contribution in [2.75, 3.05) is 14.2 Å². The van der Waals surface area contributed by atoms with Gasteiger partial charge in [0.25, 0.3) is 0 Å². The molecule has 0 aromatic rings. The molecule has 1 heterocycles. The van der Waals surface area contributed by atoms with Gasteiger partial charge in [0.1, 0.15) is 31.4 Å². The summed E-state index contributed by atoms with van der Waals surface area (Å²) < 4.78 is 11.1. The van der Waals surface area contributed by atoms with Crippen molar-refractivity contribution >= 4 is 31.4 Å². The highest BCUT2D eigenvalue weighted by Crippen LogP contribution is 2.59. The molecule has 0 aromatic heterocycles. The maximum absolute atomic E-state index is 5.54. The Kier molecular flexibility index (Phi) is 3.05. The first-order valence-electron chi connectivity index (χ1n) is 6.55. The summed E-state index contributed by atoms with van der Waals surface area (Å²) in [6, 6.07) is 0. The zero-order chi connectivity index (χ0) is 12.9. The molecule has 0 aromatic carbocycles. The van der Waals surface area contributed by atoms with E-state index in [-0.39, 0.29) is 16.5 Å². The summed E-state index contributed by atoms with van der Waals surface area (Å²) in [5.41, 5.74) is 0.393. The molecule has 0 unspecified atom stereocenters. The lowest BCUT2D eigenvalue weighted by molar-refractivity contribution is -0.303. The Morgan fingerprint density at radius 1 is 0.824 bits per heavy atom. The molecule has 0 atom stereocenters. The van der Waals surface area contributed by atoms with Crippen LogP contribution in [-0.2, 0) is 9.47 Å². The fraction of sp³-hybridized carbons (Fsp3) is 1.00. The van der Waals surface area contributed by atoms with E-state index in [1.54, 1.807) is 14.2 Å². The number of piperidine rings is 1. The van der Waals surface area contributed by atoms with Crippen molar-refractivity contribution in [3.05, 3.63) is 0 Å². The van der Waals surface area contributed by atoms with Crippen molar-refractivity contribution in [3.8, 4) is 0 Å². The average Bonchev–Trinajstić information content (AvgIpc) is 2.08. The third kappa shape index (κ3) is 2.47. The minimum Gasteiger partial charge on any atom is -0.353 e. The molecule has 0 bridgehead atoms. The maximum Gasteiger partial charge on any atom is 0.168 e. The topological polar surface area (TPSA) is 30.5 Å². The molecule has 1 saturated carbocycles. The zero-order valence-corrected chi connectivity index (χ0v) is 12.1. The summed E-state index contributed by atoms with van der Waals surface area (Å²) in [5, 5.41) is 4.14. The second kappa shape index (κ2) is 3.82. The molecule has 17 heavy (non-hydrogen) atoms. The predicted octanol–water partition coefficient (Wildman–Crippen LogP) is -3.02. The van der Waals surface area contributed by atoms with Crippen molar-refractivity contribution in [1.82, 2.24) is 5.32 Å². The van der Waals surface area contributed by atoms with Gasteiger partial charge in [-0.3, -0.25) is 0 Å². The first-order chi connectivity index (χ1) is 7.66. The van der Waals surface area contributed by atoms with E-state index in [0.717, 1.165) is 12.8 Å². The van der Waals surface area contributed by atoms with Crippen molar-refractivity contribution in [1.29, 1.82) is 0 Å². The SMILES string of the molecule is BC1(B)CC2(CC(B)(B)N1)CC(OC)(OC)C2. The first kappa shape index (κ1) is 13.6. The molecular weight excluding hydrogens is 209 g/mol. The smallest absolute Gasteiger partial charge is 0.168 e. The standard InChI is InChI=1S/C10H23B4NO2/c1-16-8(17-2)3-7(4-8)5-9(11,12)15-10(13,14)6-7/h15H,3-6,11-14H2,1-2H3. The van der Waals surface area contributed by atoms with Crippen LogP contribution in [0.3, 0.4) is 0 Å². The second-order valence-corrected chi connectivity index (χ2v) is 7.42. The Morgan fingerprint density at radius 2 is 1.24 bits per heavy atom. The van der Waals surface area contributed by atoms with E-state index in [9.17, 15) is 0 Å². The van der Waals surface area contributed by atoms with Crippen molar-refractivity contribution in [2.45, 2.75) is 42.1 Å². The molecule has 92 valence electrons. The van der Waals surface area contributed by atoms with E-state index in [1.807, 2.05) is 0 Å². The number of methoxy groups -OCH3 is 2. The van der Waals surface area contributed by atoms with Gasteiger partial charge in [-0.15, -0.1) is 0 Å². The van der Waals surface area contributed by atoms with Gasteiger partial charge in [-0.2, -0.15) is 0 Å². The van der Waals surface area contributed by atoms with E-state index in [2.05, 4.69) is 36.7 Å². The van der Waals surface area contributed by atoms with Gasteiger partial charge < -0.3 is 14.8 Å². The lowest BCUT2D eigenvalue weighted by atomic mass is 9.39. The largest absolute Gasteiger partial charge is 0.353 e. The average molecular weight is 233 g/mol. The van der Waals surface area contributed by atoms with Gasteiger partial charge in [0.05, 0.1) is 0 Å². The molecule has 1 aliphatic heterocycles. The monoisotopic (exact) mass is 233 g/mol. The molecule has 2 aliphatic rings. The summed E-state index contributed by atoms with van der Waals surface area (Å²) in [6.07, 6.45) is 4.47. The van der Waals surface area contributed by atoms with Crippen LogP contribution in [0, 0.1) is 5.41 Å². The summed E-state index contributed by atoms with van der Waals surface area (Å²) in [6.45, 7) is 0. The highest BCUT2D eigenvalue weighted by Gasteiger charge is 2.60. The molecule has 0 radical (unpaired) electrons. The Morgan fingerprint density at radius 3 is 1.59 bits per heavy atom. The van der Waals surface area contributed by atoms with E-state index >= 15 is 0 Å². The van der Waals surface area contributed by atoms with Crippen LogP contribution in [-0.4, -0.2) is 62.1 Å². The van der Waals surface area contributed by atoms with E-state index < -0.39 is 0 Å². The number of hydrogen-bond donors (Lipinski definition) is 1. The minimum atomic E-state index is -0.316. The van der Waals surface area contributed by atoms with Gasteiger partial charge in [-0.25, -0.2) is 0 Å². The van der Waals surface area contributed by atoms with Crippen LogP contribution >= 0.6 is 0 Å². The lowest BCUT2D eigenvalue weighted by Gasteiger charge is -2.63. The van der Waals surface area contributed by atoms with Crippen LogP contribution in [0.4, 0.5) is 0 Å². The highest BCUT2D eigenvalue weighted by molar-refractivity contribution is 6.44. The van der Waals surface area contributed by atoms with Crippen LogP contribution < -0.4 is 5.32 Å². The van der Waals surface area contributed by atoms with Crippen LogP contribution in [0.1, 0.15) is 25.7 Å². The summed E-state index contributed by atoms with van der Waals surface area (Å²) in [7, 11) is 12.7. The fourth-order valence-corrected chi connectivity index (χ4v) is 4.65. The van der Waals surface area contributed by atoms with Crippen LogP contribution in [0.5, 0.6) is 0 Å². The molecule has 7 heteroatoms. The van der Waals surface area contributed by atoms with Gasteiger partial charge in [0.2, 0.25) is 0 Å². The summed E-state index contributed by atoms with van der Waals surface area (Å²) >= 11 is 0. The van der Waals surface area contributed by atoms with Crippen molar-refractivity contribution in [2.24, 2.45) is 5.41 Å². The fourth-order valence-electron chi connectivity index (χ4n) is 4.65. The second-order valence-electron chi connectivity index (χ2n) is 7.42. The van der Waals surface area contributed by atoms with Crippen molar-refractivity contribution < 1.29 is 9.47 Å². The summed E-state index contributed by atoms with van der Waals surface area (Å²) in [5.74, 6) is -0.316. The van der Waals surface area contributed by atoms with Gasteiger partial charge in [0.15, 0.2) is 5.79 Å². The predicted molar refractivity (Wildman–Crippen MR) is 80.4 cm³/mol. The molecule has 1 spiro atoms. The molecule has 1 N–H and O–H groups in total. The third-order valence-corrected chi connectivity index (χ3v) is 4.34. The Labute approximate surface area is 108 Å². The molecular formula is C10H23B4NO2. The van der Waals surface area contributed by atoms with Crippen molar-refractivity contribution in [3.63, 3.8) is 0 Å². The summed E-state index contributed by atoms with van der Waals surface area (Å²) in [4.78, 5) is 0. The van der Waals surface area contributed by atoms with Crippen LogP contribution in [0.2, 0.25) is 0 Å².